The molecule has 1 aliphatic heterocycles. The summed E-state index contributed by atoms with van der Waals surface area (Å²) in [4.78, 5) is 10.8. The van der Waals surface area contributed by atoms with Gasteiger partial charge in [-0.2, -0.15) is 0 Å². The predicted molar refractivity (Wildman–Crippen MR) is 116 cm³/mol. The Morgan fingerprint density at radius 3 is 2.36 bits per heavy atom. The van der Waals surface area contributed by atoms with E-state index in [0.717, 1.165) is 0 Å². The summed E-state index contributed by atoms with van der Waals surface area (Å²) in [5.41, 5.74) is 0.601. The molecule has 3 rings (SSSR count). The van der Waals surface area contributed by atoms with E-state index in [4.69, 9.17) is 18.9 Å². The van der Waals surface area contributed by atoms with Gasteiger partial charge in [-0.1, -0.05) is 18.2 Å². The summed E-state index contributed by atoms with van der Waals surface area (Å²) in [6, 6.07) is 9.25. The smallest absolute Gasteiger partial charge is 0.276 e. The molecule has 1 heterocycles. The second-order valence-corrected chi connectivity index (χ2v) is 7.21. The number of aliphatic hydroxyl groups excluding tert-OH is 4. The molecular weight excluding hydrogens is 438 g/mol. The molecule has 0 amide bonds. The van der Waals surface area contributed by atoms with Gasteiger partial charge in [0.05, 0.1) is 31.3 Å². The van der Waals surface area contributed by atoms with Crippen LogP contribution in [0.2, 0.25) is 0 Å². The van der Waals surface area contributed by atoms with Crippen molar-refractivity contribution < 1.29 is 44.3 Å². The number of para-hydroxylation sites is 1. The molecule has 11 heteroatoms. The molecule has 5 atom stereocenters. The summed E-state index contributed by atoms with van der Waals surface area (Å²) in [7, 11) is 2.83. The summed E-state index contributed by atoms with van der Waals surface area (Å²) in [6.45, 7) is -0.616. The third-order valence-corrected chi connectivity index (χ3v) is 5.17. The summed E-state index contributed by atoms with van der Waals surface area (Å²) >= 11 is 0. The number of aliphatic hydroxyl groups is 4. The number of benzene rings is 2. The third kappa shape index (κ3) is 5.24. The molecule has 33 heavy (non-hydrogen) atoms. The van der Waals surface area contributed by atoms with E-state index in [2.05, 4.69) is 0 Å². The molecule has 0 bridgehead atoms. The van der Waals surface area contributed by atoms with Crippen LogP contribution in [-0.2, 0) is 4.74 Å². The maximum absolute atomic E-state index is 11.3. The van der Waals surface area contributed by atoms with E-state index in [0.29, 0.717) is 16.9 Å². The van der Waals surface area contributed by atoms with E-state index in [-0.39, 0.29) is 17.2 Å². The quantitative estimate of drug-likeness (QED) is 0.252. The molecule has 2 aromatic rings. The Morgan fingerprint density at radius 2 is 1.73 bits per heavy atom. The number of nitro benzene ring substituents is 1. The fourth-order valence-electron chi connectivity index (χ4n) is 3.37. The molecule has 178 valence electrons. The first-order valence-corrected chi connectivity index (χ1v) is 9.95. The van der Waals surface area contributed by atoms with E-state index in [1.54, 1.807) is 24.3 Å². The Balaban J connectivity index is 2.02. The van der Waals surface area contributed by atoms with Crippen LogP contribution in [0.5, 0.6) is 17.2 Å². The number of methoxy groups -OCH3 is 2. The average Bonchev–Trinajstić information content (AvgIpc) is 2.83. The zero-order chi connectivity index (χ0) is 24.1. The first-order valence-electron chi connectivity index (χ1n) is 9.95. The Labute approximate surface area is 189 Å². The van der Waals surface area contributed by atoms with Crippen LogP contribution in [0.15, 0.2) is 36.4 Å². The minimum Gasteiger partial charge on any atom is -0.497 e. The minimum atomic E-state index is -1.64. The third-order valence-electron chi connectivity index (χ3n) is 5.17. The fraction of sp³-hybridized carbons (Fsp3) is 0.364. The molecular formula is C22H25NO10. The number of rotatable bonds is 8. The maximum atomic E-state index is 11.3. The van der Waals surface area contributed by atoms with Crippen molar-refractivity contribution in [3.8, 4) is 17.2 Å². The molecule has 0 aliphatic carbocycles. The summed E-state index contributed by atoms with van der Waals surface area (Å²) in [6.07, 6.45) is -4.39. The fourth-order valence-corrected chi connectivity index (χ4v) is 3.37. The van der Waals surface area contributed by atoms with Gasteiger partial charge in [0, 0.05) is 17.7 Å². The first kappa shape index (κ1) is 24.4. The van der Waals surface area contributed by atoms with Gasteiger partial charge in [-0.05, 0) is 18.2 Å². The highest BCUT2D eigenvalue weighted by Crippen LogP contribution is 2.39. The van der Waals surface area contributed by atoms with Crippen LogP contribution in [0.3, 0.4) is 0 Å². The summed E-state index contributed by atoms with van der Waals surface area (Å²) < 4.78 is 21.9. The number of nitrogens with zero attached hydrogens (tertiary/aromatic N) is 1. The molecule has 1 saturated heterocycles. The number of ether oxygens (including phenoxy) is 4. The van der Waals surface area contributed by atoms with Gasteiger partial charge in [0.15, 0.2) is 11.5 Å². The van der Waals surface area contributed by atoms with Gasteiger partial charge >= 0.3 is 0 Å². The van der Waals surface area contributed by atoms with Gasteiger partial charge < -0.3 is 39.4 Å². The van der Waals surface area contributed by atoms with Crippen molar-refractivity contribution >= 4 is 17.8 Å². The average molecular weight is 463 g/mol. The molecule has 4 N–H and O–H groups in total. The Morgan fingerprint density at radius 1 is 1.03 bits per heavy atom. The van der Waals surface area contributed by atoms with Crippen molar-refractivity contribution in [3.05, 3.63) is 57.6 Å². The topological polar surface area (TPSA) is 161 Å². The molecule has 0 aromatic heterocycles. The van der Waals surface area contributed by atoms with Crippen molar-refractivity contribution in [1.29, 1.82) is 0 Å². The molecule has 1 unspecified atom stereocenters. The van der Waals surface area contributed by atoms with Gasteiger partial charge in [-0.15, -0.1) is 0 Å². The van der Waals surface area contributed by atoms with Crippen molar-refractivity contribution in [2.45, 2.75) is 30.7 Å². The van der Waals surface area contributed by atoms with E-state index in [1.165, 1.54) is 38.5 Å². The largest absolute Gasteiger partial charge is 0.497 e. The van der Waals surface area contributed by atoms with Gasteiger partial charge in [0.25, 0.3) is 5.69 Å². The predicted octanol–water partition coefficient (Wildman–Crippen LogP) is 0.961. The molecule has 0 spiro atoms. The van der Waals surface area contributed by atoms with E-state index >= 15 is 0 Å². The number of hydrogen-bond acceptors (Lipinski definition) is 10. The van der Waals surface area contributed by atoms with E-state index < -0.39 is 42.2 Å². The standard InChI is InChI=1S/C22H25NO10/c1-30-14-9-13(8-7-12-5-3-4-6-15(12)23(28)29)21(16(10-14)31-2)33-22-20(27)19(26)18(25)17(11-24)32-22/h3-10,17-20,22,24-27H,11H2,1-2H3/b8-7+/t17-,18-,19+,20-,22?/m1/s1. The number of hydrogen-bond donors (Lipinski definition) is 4. The van der Waals surface area contributed by atoms with Gasteiger partial charge in [-0.3, -0.25) is 10.1 Å². The maximum Gasteiger partial charge on any atom is 0.276 e. The Bertz CT molecular complexity index is 1010. The molecule has 1 aliphatic rings. The highest BCUT2D eigenvalue weighted by molar-refractivity contribution is 5.78. The van der Waals surface area contributed by atoms with Crippen LogP contribution in [-0.4, -0.2) is 76.9 Å². The lowest BCUT2D eigenvalue weighted by Gasteiger charge is -2.39. The molecule has 11 nitrogen and oxygen atoms in total. The summed E-state index contributed by atoms with van der Waals surface area (Å²) in [5.74, 6) is 0.668. The second-order valence-electron chi connectivity index (χ2n) is 7.21. The van der Waals surface area contributed by atoms with Crippen LogP contribution < -0.4 is 14.2 Å². The molecule has 2 aromatic carbocycles. The Kier molecular flexibility index (Phi) is 7.84. The Hall–Kier alpha value is -3.22. The first-order chi connectivity index (χ1) is 15.8. The minimum absolute atomic E-state index is 0.0810. The lowest BCUT2D eigenvalue weighted by Crippen LogP contribution is -2.60. The van der Waals surface area contributed by atoms with Crippen LogP contribution in [0, 0.1) is 10.1 Å². The van der Waals surface area contributed by atoms with E-state index in [1.807, 2.05) is 0 Å². The normalized spacial score (nSPS) is 25.1. The van der Waals surface area contributed by atoms with Crippen LogP contribution in [0.1, 0.15) is 11.1 Å². The van der Waals surface area contributed by atoms with Crippen molar-refractivity contribution in [2.75, 3.05) is 20.8 Å². The zero-order valence-corrected chi connectivity index (χ0v) is 17.9. The van der Waals surface area contributed by atoms with Crippen molar-refractivity contribution in [1.82, 2.24) is 0 Å². The second kappa shape index (κ2) is 10.6. The lowest BCUT2D eigenvalue weighted by molar-refractivity contribution is -0.385. The lowest BCUT2D eigenvalue weighted by atomic mass is 9.99. The molecule has 0 saturated carbocycles. The molecule has 1 fully saturated rings. The highest BCUT2D eigenvalue weighted by Gasteiger charge is 2.45. The van der Waals surface area contributed by atoms with Gasteiger partial charge in [0.1, 0.15) is 30.2 Å². The van der Waals surface area contributed by atoms with Gasteiger partial charge in [-0.25, -0.2) is 0 Å². The van der Waals surface area contributed by atoms with Crippen molar-refractivity contribution in [2.24, 2.45) is 0 Å². The van der Waals surface area contributed by atoms with Crippen molar-refractivity contribution in [3.63, 3.8) is 0 Å². The van der Waals surface area contributed by atoms with Gasteiger partial charge in [0.2, 0.25) is 6.29 Å². The summed E-state index contributed by atoms with van der Waals surface area (Å²) in [5, 5.41) is 51.1. The van der Waals surface area contributed by atoms with E-state index in [9.17, 15) is 30.5 Å². The zero-order valence-electron chi connectivity index (χ0n) is 17.9. The van der Waals surface area contributed by atoms with Crippen LogP contribution >= 0.6 is 0 Å². The van der Waals surface area contributed by atoms with Crippen LogP contribution in [0.4, 0.5) is 5.69 Å². The monoisotopic (exact) mass is 463 g/mol. The highest BCUT2D eigenvalue weighted by atomic mass is 16.7. The molecule has 0 radical (unpaired) electrons. The number of nitro groups is 1. The van der Waals surface area contributed by atoms with Crippen LogP contribution in [0.25, 0.3) is 12.2 Å². The SMILES string of the molecule is COc1cc(/C=C/c2ccccc2[N+](=O)[O-])c(OC2O[C@H](CO)[C@@H](O)[C@H](O)[C@H]2O)c(OC)c1.